The number of hydrogen-bond donors (Lipinski definition) is 0. The lowest BCUT2D eigenvalue weighted by atomic mass is 10.1. The van der Waals surface area contributed by atoms with E-state index < -0.39 is 0 Å². The van der Waals surface area contributed by atoms with Crippen molar-refractivity contribution in [2.75, 3.05) is 6.61 Å². The monoisotopic (exact) mass is 229 g/mol. The van der Waals surface area contributed by atoms with Gasteiger partial charge in [-0.3, -0.25) is 0 Å². The van der Waals surface area contributed by atoms with Gasteiger partial charge in [0.05, 0.1) is 12.7 Å². The molecule has 0 aliphatic carbocycles. The Bertz CT molecular complexity index is 398. The van der Waals surface area contributed by atoms with Gasteiger partial charge in [0.1, 0.15) is 5.75 Å². The highest BCUT2D eigenvalue weighted by Gasteiger charge is 1.94. The average Bonchev–Trinajstić information content (AvgIpc) is 2.36. The van der Waals surface area contributed by atoms with E-state index in [1.54, 1.807) is 6.92 Å². The van der Waals surface area contributed by atoms with Gasteiger partial charge in [-0.1, -0.05) is 31.9 Å². The van der Waals surface area contributed by atoms with E-state index >= 15 is 0 Å². The van der Waals surface area contributed by atoms with Crippen LogP contribution in [-0.4, -0.2) is 6.61 Å². The molecule has 0 bridgehead atoms. The van der Waals surface area contributed by atoms with E-state index in [4.69, 9.17) is 10.00 Å². The summed E-state index contributed by atoms with van der Waals surface area (Å²) in [7, 11) is 0. The standard InChI is InChI=1S/C15H19NO/c1-3-4-5-10-17-15-8-6-14(7-9-15)11-13(2)12-16/h6-9,11H,3-5,10H2,1-2H3/b13-11-. The summed E-state index contributed by atoms with van der Waals surface area (Å²) in [5.74, 6) is 0.896. The molecule has 1 aromatic rings. The summed E-state index contributed by atoms with van der Waals surface area (Å²) in [4.78, 5) is 0. The molecule has 0 radical (unpaired) electrons. The fourth-order valence-corrected chi connectivity index (χ4v) is 1.48. The van der Waals surface area contributed by atoms with Crippen molar-refractivity contribution in [2.24, 2.45) is 0 Å². The van der Waals surface area contributed by atoms with Gasteiger partial charge in [-0.2, -0.15) is 5.26 Å². The predicted molar refractivity (Wildman–Crippen MR) is 70.7 cm³/mol. The number of unbranched alkanes of at least 4 members (excludes halogenated alkanes) is 2. The molecule has 0 saturated heterocycles. The van der Waals surface area contributed by atoms with Crippen LogP contribution < -0.4 is 4.74 Å². The number of nitriles is 1. The first-order valence-electron chi connectivity index (χ1n) is 6.07. The highest BCUT2D eigenvalue weighted by Crippen LogP contribution is 2.14. The van der Waals surface area contributed by atoms with Crippen LogP contribution in [0.2, 0.25) is 0 Å². The molecule has 0 spiro atoms. The Morgan fingerprint density at radius 1 is 1.29 bits per heavy atom. The molecule has 2 nitrogen and oxygen atoms in total. The van der Waals surface area contributed by atoms with Gasteiger partial charge >= 0.3 is 0 Å². The minimum atomic E-state index is 0.710. The molecule has 0 aliphatic rings. The Labute approximate surface area is 104 Å². The first-order valence-corrected chi connectivity index (χ1v) is 6.07. The Hall–Kier alpha value is -1.75. The summed E-state index contributed by atoms with van der Waals surface area (Å²) in [6.07, 6.45) is 5.38. The number of benzene rings is 1. The minimum absolute atomic E-state index is 0.710. The van der Waals surface area contributed by atoms with E-state index in [1.807, 2.05) is 30.3 Å². The fraction of sp³-hybridized carbons (Fsp3) is 0.400. The van der Waals surface area contributed by atoms with Crippen molar-refractivity contribution in [1.82, 2.24) is 0 Å². The normalized spacial score (nSPS) is 11.0. The van der Waals surface area contributed by atoms with Gasteiger partial charge in [0.15, 0.2) is 0 Å². The van der Waals surface area contributed by atoms with Gasteiger partial charge < -0.3 is 4.74 Å². The molecule has 90 valence electrons. The van der Waals surface area contributed by atoms with Crippen LogP contribution in [0.3, 0.4) is 0 Å². The number of allylic oxidation sites excluding steroid dienone is 1. The van der Waals surface area contributed by atoms with Gasteiger partial charge in [0, 0.05) is 5.57 Å². The molecular weight excluding hydrogens is 210 g/mol. The molecule has 0 fully saturated rings. The number of ether oxygens (including phenoxy) is 1. The molecule has 0 aromatic heterocycles. The highest BCUT2D eigenvalue weighted by molar-refractivity contribution is 5.56. The summed E-state index contributed by atoms with van der Waals surface area (Å²) >= 11 is 0. The molecular formula is C15H19NO. The maximum Gasteiger partial charge on any atom is 0.119 e. The van der Waals surface area contributed by atoms with Crippen molar-refractivity contribution in [3.63, 3.8) is 0 Å². The third-order valence-electron chi connectivity index (χ3n) is 2.46. The van der Waals surface area contributed by atoms with Crippen LogP contribution in [0.15, 0.2) is 29.8 Å². The molecule has 0 atom stereocenters. The van der Waals surface area contributed by atoms with Gasteiger partial charge in [-0.25, -0.2) is 0 Å². The van der Waals surface area contributed by atoms with Crippen molar-refractivity contribution in [1.29, 1.82) is 5.26 Å². The Morgan fingerprint density at radius 3 is 2.59 bits per heavy atom. The first kappa shape index (κ1) is 13.3. The molecule has 2 heteroatoms. The Morgan fingerprint density at radius 2 is 2.00 bits per heavy atom. The van der Waals surface area contributed by atoms with Crippen molar-refractivity contribution >= 4 is 6.08 Å². The third kappa shape index (κ3) is 5.21. The van der Waals surface area contributed by atoms with E-state index in [0.717, 1.165) is 24.3 Å². The van der Waals surface area contributed by atoms with Crippen LogP contribution in [0, 0.1) is 11.3 Å². The van der Waals surface area contributed by atoms with E-state index in [-0.39, 0.29) is 0 Å². The number of rotatable bonds is 6. The van der Waals surface area contributed by atoms with Crippen LogP contribution in [0.25, 0.3) is 6.08 Å². The highest BCUT2D eigenvalue weighted by atomic mass is 16.5. The summed E-state index contributed by atoms with van der Waals surface area (Å²) < 4.78 is 5.61. The average molecular weight is 229 g/mol. The van der Waals surface area contributed by atoms with Crippen LogP contribution >= 0.6 is 0 Å². The maximum absolute atomic E-state index is 8.67. The number of nitrogens with zero attached hydrogens (tertiary/aromatic N) is 1. The third-order valence-corrected chi connectivity index (χ3v) is 2.46. The summed E-state index contributed by atoms with van der Waals surface area (Å²) in [5, 5.41) is 8.67. The van der Waals surface area contributed by atoms with Gasteiger partial charge in [0.2, 0.25) is 0 Å². The molecule has 17 heavy (non-hydrogen) atoms. The summed E-state index contributed by atoms with van der Waals surface area (Å²) in [6.45, 7) is 4.76. The van der Waals surface area contributed by atoms with Crippen LogP contribution in [0.4, 0.5) is 0 Å². The minimum Gasteiger partial charge on any atom is -0.494 e. The van der Waals surface area contributed by atoms with Crippen LogP contribution in [-0.2, 0) is 0 Å². The van der Waals surface area contributed by atoms with Crippen LogP contribution in [0.1, 0.15) is 38.7 Å². The zero-order valence-electron chi connectivity index (χ0n) is 10.6. The Balaban J connectivity index is 2.48. The van der Waals surface area contributed by atoms with Gasteiger partial charge in [-0.05, 0) is 37.1 Å². The van der Waals surface area contributed by atoms with E-state index in [2.05, 4.69) is 13.0 Å². The number of hydrogen-bond acceptors (Lipinski definition) is 2. The van der Waals surface area contributed by atoms with Gasteiger partial charge in [-0.15, -0.1) is 0 Å². The fourth-order valence-electron chi connectivity index (χ4n) is 1.48. The van der Waals surface area contributed by atoms with E-state index in [0.29, 0.717) is 5.57 Å². The smallest absolute Gasteiger partial charge is 0.119 e. The summed E-state index contributed by atoms with van der Waals surface area (Å²) in [6, 6.07) is 9.94. The zero-order valence-corrected chi connectivity index (χ0v) is 10.6. The lowest BCUT2D eigenvalue weighted by Crippen LogP contribution is -1.96. The first-order chi connectivity index (χ1) is 8.26. The molecule has 0 heterocycles. The van der Waals surface area contributed by atoms with Crippen molar-refractivity contribution in [3.8, 4) is 11.8 Å². The lowest BCUT2D eigenvalue weighted by Gasteiger charge is -2.05. The van der Waals surface area contributed by atoms with Crippen LogP contribution in [0.5, 0.6) is 5.75 Å². The molecule has 1 rings (SSSR count). The SMILES string of the molecule is CCCCCOc1ccc(/C=C(/C)C#N)cc1. The topological polar surface area (TPSA) is 33.0 Å². The second-order valence-electron chi connectivity index (χ2n) is 4.06. The van der Waals surface area contributed by atoms with Crippen molar-refractivity contribution in [3.05, 3.63) is 35.4 Å². The summed E-state index contributed by atoms with van der Waals surface area (Å²) in [5.41, 5.74) is 1.74. The predicted octanol–water partition coefficient (Wildman–Crippen LogP) is 4.18. The zero-order chi connectivity index (χ0) is 12.5. The van der Waals surface area contributed by atoms with Gasteiger partial charge in [0.25, 0.3) is 0 Å². The maximum atomic E-state index is 8.67. The van der Waals surface area contributed by atoms with Crippen molar-refractivity contribution < 1.29 is 4.74 Å². The van der Waals surface area contributed by atoms with E-state index in [9.17, 15) is 0 Å². The molecule has 0 saturated carbocycles. The lowest BCUT2D eigenvalue weighted by molar-refractivity contribution is 0.306. The Kier molecular flexibility index (Phi) is 5.88. The molecule has 1 aromatic carbocycles. The molecule has 0 aliphatic heterocycles. The van der Waals surface area contributed by atoms with E-state index in [1.165, 1.54) is 12.8 Å². The quantitative estimate of drug-likeness (QED) is 0.541. The molecule has 0 N–H and O–H groups in total. The second kappa shape index (κ2) is 7.51. The molecule has 0 unspecified atom stereocenters. The largest absolute Gasteiger partial charge is 0.494 e. The van der Waals surface area contributed by atoms with Crippen molar-refractivity contribution in [2.45, 2.75) is 33.1 Å². The molecule has 0 amide bonds. The second-order valence-corrected chi connectivity index (χ2v) is 4.06.